The van der Waals surface area contributed by atoms with Crippen LogP contribution in [0.2, 0.25) is 0 Å². The molecule has 2 aromatic heterocycles. The van der Waals surface area contributed by atoms with Crippen molar-refractivity contribution in [3.05, 3.63) is 54.8 Å². The summed E-state index contributed by atoms with van der Waals surface area (Å²) in [5.74, 6) is 0.774. The summed E-state index contributed by atoms with van der Waals surface area (Å²) >= 11 is 0. The van der Waals surface area contributed by atoms with Crippen LogP contribution in [-0.4, -0.2) is 14.8 Å². The highest BCUT2D eigenvalue weighted by atomic mass is 16.3. The molecule has 3 aromatic rings. The first kappa shape index (κ1) is 12.5. The van der Waals surface area contributed by atoms with Crippen molar-refractivity contribution in [1.29, 1.82) is 0 Å². The van der Waals surface area contributed by atoms with E-state index in [0.29, 0.717) is 0 Å². The maximum Gasteiger partial charge on any atom is 0.181 e. The third-order valence-corrected chi connectivity index (χ3v) is 3.29. The van der Waals surface area contributed by atoms with Crippen LogP contribution in [0.5, 0.6) is 0 Å². The van der Waals surface area contributed by atoms with Crippen molar-refractivity contribution in [1.82, 2.24) is 14.8 Å². The van der Waals surface area contributed by atoms with E-state index in [2.05, 4.69) is 22.3 Å². The fraction of sp³-hybridized carbons (Fsp3) is 0.200. The van der Waals surface area contributed by atoms with Crippen molar-refractivity contribution in [2.45, 2.75) is 13.0 Å². The van der Waals surface area contributed by atoms with Gasteiger partial charge in [0.25, 0.3) is 0 Å². The van der Waals surface area contributed by atoms with E-state index in [1.54, 1.807) is 12.4 Å². The van der Waals surface area contributed by atoms with E-state index >= 15 is 0 Å². The first-order valence-electron chi connectivity index (χ1n) is 6.47. The smallest absolute Gasteiger partial charge is 0.181 e. The number of aromatic nitrogens is 3. The van der Waals surface area contributed by atoms with Crippen LogP contribution in [0.15, 0.2) is 53.5 Å². The summed E-state index contributed by atoms with van der Waals surface area (Å²) in [5, 5.41) is 7.64. The largest absolute Gasteiger partial charge is 0.444 e. The second-order valence-electron chi connectivity index (χ2n) is 4.69. The number of hydrogen-bond acceptors (Lipinski definition) is 4. The van der Waals surface area contributed by atoms with Gasteiger partial charge >= 0.3 is 0 Å². The Balaban J connectivity index is 1.74. The lowest BCUT2D eigenvalue weighted by molar-refractivity contribution is 0.572. The van der Waals surface area contributed by atoms with E-state index in [1.165, 1.54) is 6.39 Å². The summed E-state index contributed by atoms with van der Waals surface area (Å²) in [6, 6.07) is 10.3. The van der Waals surface area contributed by atoms with Crippen LogP contribution in [0, 0.1) is 0 Å². The van der Waals surface area contributed by atoms with E-state index in [0.717, 1.165) is 22.7 Å². The first-order chi connectivity index (χ1) is 9.74. The molecule has 1 atom stereocenters. The predicted octanol–water partition coefficient (Wildman–Crippen LogP) is 3.25. The van der Waals surface area contributed by atoms with Gasteiger partial charge in [0.2, 0.25) is 0 Å². The Morgan fingerprint density at radius 2 is 2.00 bits per heavy atom. The summed E-state index contributed by atoms with van der Waals surface area (Å²) in [4.78, 5) is 3.92. The van der Waals surface area contributed by atoms with Gasteiger partial charge in [-0.3, -0.25) is 4.68 Å². The Bertz CT molecular complexity index is 670. The Morgan fingerprint density at radius 3 is 2.60 bits per heavy atom. The van der Waals surface area contributed by atoms with Gasteiger partial charge in [0.05, 0.1) is 17.9 Å². The monoisotopic (exact) mass is 268 g/mol. The zero-order valence-electron chi connectivity index (χ0n) is 11.4. The second-order valence-corrected chi connectivity index (χ2v) is 4.69. The van der Waals surface area contributed by atoms with E-state index in [1.807, 2.05) is 42.1 Å². The maximum atomic E-state index is 5.27. The standard InChI is InChI=1S/C15H16N4O/c1-11(14-7-8-17-19(14)2)18-13-5-3-12(4-6-13)15-9-16-10-20-15/h3-11,18H,1-2H3. The third-order valence-electron chi connectivity index (χ3n) is 3.29. The summed E-state index contributed by atoms with van der Waals surface area (Å²) in [7, 11) is 1.94. The van der Waals surface area contributed by atoms with Gasteiger partial charge in [-0.15, -0.1) is 0 Å². The topological polar surface area (TPSA) is 55.9 Å². The van der Waals surface area contributed by atoms with Gasteiger partial charge in [0.1, 0.15) is 0 Å². The lowest BCUT2D eigenvalue weighted by Crippen LogP contribution is -2.11. The minimum absolute atomic E-state index is 0.193. The van der Waals surface area contributed by atoms with Crippen molar-refractivity contribution in [2.75, 3.05) is 5.32 Å². The van der Waals surface area contributed by atoms with E-state index < -0.39 is 0 Å². The Labute approximate surface area is 117 Å². The van der Waals surface area contributed by atoms with Gasteiger partial charge in [0.15, 0.2) is 12.2 Å². The van der Waals surface area contributed by atoms with Crippen LogP contribution in [0.25, 0.3) is 11.3 Å². The number of aryl methyl sites for hydroxylation is 1. The molecule has 2 heterocycles. The average molecular weight is 268 g/mol. The number of rotatable bonds is 4. The van der Waals surface area contributed by atoms with Crippen LogP contribution >= 0.6 is 0 Å². The molecule has 0 bridgehead atoms. The Morgan fingerprint density at radius 1 is 1.20 bits per heavy atom. The normalized spacial score (nSPS) is 12.3. The minimum Gasteiger partial charge on any atom is -0.444 e. The summed E-state index contributed by atoms with van der Waals surface area (Å²) in [6.07, 6.45) is 4.95. The van der Waals surface area contributed by atoms with Crippen molar-refractivity contribution in [2.24, 2.45) is 7.05 Å². The fourth-order valence-electron chi connectivity index (χ4n) is 2.22. The molecule has 1 N–H and O–H groups in total. The fourth-order valence-corrected chi connectivity index (χ4v) is 2.22. The Kier molecular flexibility index (Phi) is 3.25. The van der Waals surface area contributed by atoms with Gasteiger partial charge in [-0.1, -0.05) is 0 Å². The van der Waals surface area contributed by atoms with E-state index in [4.69, 9.17) is 4.42 Å². The molecule has 0 spiro atoms. The molecule has 102 valence electrons. The predicted molar refractivity (Wildman–Crippen MR) is 77.2 cm³/mol. The molecule has 0 radical (unpaired) electrons. The quantitative estimate of drug-likeness (QED) is 0.789. The molecule has 5 heteroatoms. The molecule has 20 heavy (non-hydrogen) atoms. The van der Waals surface area contributed by atoms with E-state index in [-0.39, 0.29) is 6.04 Å². The van der Waals surface area contributed by atoms with Crippen LogP contribution in [0.1, 0.15) is 18.7 Å². The van der Waals surface area contributed by atoms with Crippen LogP contribution in [0.3, 0.4) is 0 Å². The molecule has 0 saturated heterocycles. The molecule has 0 aliphatic heterocycles. The number of nitrogens with one attached hydrogen (secondary N) is 1. The number of nitrogens with zero attached hydrogens (tertiary/aromatic N) is 3. The molecule has 0 fully saturated rings. The molecule has 1 unspecified atom stereocenters. The highest BCUT2D eigenvalue weighted by molar-refractivity contribution is 5.60. The van der Waals surface area contributed by atoms with Crippen molar-refractivity contribution in [3.63, 3.8) is 0 Å². The van der Waals surface area contributed by atoms with Gasteiger partial charge in [-0.05, 0) is 37.3 Å². The zero-order chi connectivity index (χ0) is 13.9. The van der Waals surface area contributed by atoms with Gasteiger partial charge < -0.3 is 9.73 Å². The molecule has 0 aliphatic rings. The van der Waals surface area contributed by atoms with Gasteiger partial charge in [0, 0.05) is 24.5 Å². The molecule has 0 amide bonds. The number of hydrogen-bond donors (Lipinski definition) is 1. The zero-order valence-corrected chi connectivity index (χ0v) is 11.4. The summed E-state index contributed by atoms with van der Waals surface area (Å²) in [5.41, 5.74) is 3.22. The highest BCUT2D eigenvalue weighted by Gasteiger charge is 2.09. The summed E-state index contributed by atoms with van der Waals surface area (Å²) in [6.45, 7) is 2.11. The molecular formula is C15H16N4O. The van der Waals surface area contributed by atoms with Crippen molar-refractivity contribution >= 4 is 5.69 Å². The highest BCUT2D eigenvalue weighted by Crippen LogP contribution is 2.23. The molecule has 3 rings (SSSR count). The number of anilines is 1. The lowest BCUT2D eigenvalue weighted by Gasteiger charge is -2.15. The van der Waals surface area contributed by atoms with Crippen LogP contribution in [-0.2, 0) is 7.05 Å². The summed E-state index contributed by atoms with van der Waals surface area (Å²) < 4.78 is 7.15. The second kappa shape index (κ2) is 5.21. The number of benzene rings is 1. The number of oxazole rings is 1. The first-order valence-corrected chi connectivity index (χ1v) is 6.47. The van der Waals surface area contributed by atoms with Crippen molar-refractivity contribution < 1.29 is 4.42 Å². The van der Waals surface area contributed by atoms with Gasteiger partial charge in [-0.25, -0.2) is 4.98 Å². The average Bonchev–Trinajstić information content (AvgIpc) is 3.10. The van der Waals surface area contributed by atoms with Gasteiger partial charge in [-0.2, -0.15) is 5.10 Å². The third kappa shape index (κ3) is 2.42. The molecule has 5 nitrogen and oxygen atoms in total. The van der Waals surface area contributed by atoms with Crippen LogP contribution < -0.4 is 5.32 Å². The molecule has 0 aliphatic carbocycles. The van der Waals surface area contributed by atoms with Crippen molar-refractivity contribution in [3.8, 4) is 11.3 Å². The van der Waals surface area contributed by atoms with Crippen LogP contribution in [0.4, 0.5) is 5.69 Å². The van der Waals surface area contributed by atoms with E-state index in [9.17, 15) is 0 Å². The molecule has 1 aromatic carbocycles. The molecule has 0 saturated carbocycles. The minimum atomic E-state index is 0.193. The Hall–Kier alpha value is -2.56. The molecular weight excluding hydrogens is 252 g/mol. The lowest BCUT2D eigenvalue weighted by atomic mass is 10.1. The SMILES string of the molecule is CC(Nc1ccc(-c2cnco2)cc1)c1ccnn1C. The maximum absolute atomic E-state index is 5.27.